The molecule has 117 heavy (non-hydrogen) atoms. The number of phenolic OH excluding ortho intramolecular Hbond substituents is 1. The number of aryl methyl sites for hydroxylation is 2. The van der Waals surface area contributed by atoms with E-state index in [1.54, 1.807) is 40.6 Å². The SMILES string of the molecule is C=CCBr.C=CCOc1c(C)c2c(c3c1C[C@H]1[C@H]4c5c(cc(C)c(OC)c5OCOC)C[C@@H]([C@H](C#N)N1[C@H]3CO[Si](c1ccccc1)(c1ccccc1)C(C)(C)C)N4C)OCO2.COCOc1c(OC)c(C)cc2c1[C@@H]1[C@@H]3Cc4c(O)c(C)c5c(c4[C@H](CO[Si](c4ccccc4)(c4ccccc4)C(C)(C)C)N3[C@@H](C#N)[C@H](C2)N1C)OCO5. The van der Waals surface area contributed by atoms with E-state index in [2.05, 4.69) is 238 Å². The van der Waals surface area contributed by atoms with Crippen LogP contribution in [-0.4, -0.2) is 172 Å². The number of ether oxygens (including phenoxy) is 11. The predicted octanol–water partition coefficient (Wildman–Crippen LogP) is 14.6. The summed E-state index contributed by atoms with van der Waals surface area (Å²) in [4.78, 5) is 9.55. The van der Waals surface area contributed by atoms with Gasteiger partial charge in [-0.05, 0) is 121 Å². The topological polar surface area (TPSA) is 201 Å². The van der Waals surface area contributed by atoms with Gasteiger partial charge in [0, 0.05) is 88.2 Å². The highest BCUT2D eigenvalue weighted by Crippen LogP contribution is 2.62. The minimum Gasteiger partial charge on any atom is -0.507 e. The second kappa shape index (κ2) is 34.6. The summed E-state index contributed by atoms with van der Waals surface area (Å²) in [6, 6.07) is 49.7. The Kier molecular flexibility index (Phi) is 24.9. The predicted molar refractivity (Wildman–Crippen MR) is 463 cm³/mol. The molecule has 23 heteroatoms. The van der Waals surface area contributed by atoms with Crippen molar-refractivity contribution in [3.05, 3.63) is 226 Å². The number of nitriles is 2. The van der Waals surface area contributed by atoms with E-state index in [1.807, 2.05) is 39.8 Å². The van der Waals surface area contributed by atoms with Gasteiger partial charge >= 0.3 is 0 Å². The highest BCUT2D eigenvalue weighted by atomic mass is 79.9. The molecule has 8 aromatic rings. The van der Waals surface area contributed by atoms with Crippen LogP contribution in [-0.2, 0) is 44.0 Å². The molecule has 0 radical (unpaired) electrons. The van der Waals surface area contributed by atoms with Crippen LogP contribution in [0.5, 0.6) is 57.5 Å². The van der Waals surface area contributed by atoms with Crippen LogP contribution in [0.25, 0.3) is 0 Å². The molecule has 10 atom stereocenters. The van der Waals surface area contributed by atoms with Gasteiger partial charge in [0.15, 0.2) is 59.6 Å². The van der Waals surface area contributed by atoms with Crippen molar-refractivity contribution in [2.45, 2.75) is 165 Å². The first-order chi connectivity index (χ1) is 56.4. The standard InChI is InChI=1S/C47H55N3O7Si.C44H51N3O7Si.C3H5Br/c1-10-21-53-43-30(3)44-46(56-28-55-44)40-34(43)24-36-41-39-31(22-29(2)42(52-9)45(39)54-27-51-8)23-35(49(41)7)37(25-48)50(36)38(40)26-57-58(47(4,5)6,32-17-13-11-14-18-32)33-19-15-12-16-20-33;1-26-19-28-20-32-34(22-45)47-33(38(46(32)6)36(28)42(40(26)50-8)51-24-49-7)21-31-37(43-41(52-25-53-43)27(2)39(31)48)35(47)23-54-55(44(3,4)5,29-15-11-9-12-16-29)30-17-13-10-14-18-30;1-2-3-4/h10-20,22,35-38,41H,1,21,23-24,26-28H2,2-9H3;9-19,32-35,38,48H,20-21,23-25H2,1-8H3;2H,1,3H2/t35-,36-,37-,38-,41-;32-,33-,34-,35-,38-;/m00./s1. The monoisotopic (exact) mass is 1680 g/mol. The van der Waals surface area contributed by atoms with Crippen LogP contribution >= 0.6 is 15.9 Å². The van der Waals surface area contributed by atoms with Gasteiger partial charge in [-0.1, -0.05) is 210 Å². The largest absolute Gasteiger partial charge is 0.507 e. The van der Waals surface area contributed by atoms with Gasteiger partial charge in [0.1, 0.15) is 30.2 Å². The number of aromatic hydroxyl groups is 1. The summed E-state index contributed by atoms with van der Waals surface area (Å²) in [5.41, 5.74) is 11.5. The van der Waals surface area contributed by atoms with Crippen LogP contribution in [0.15, 0.2) is 159 Å². The lowest BCUT2D eigenvalue weighted by molar-refractivity contribution is -0.0819. The Labute approximate surface area is 700 Å². The summed E-state index contributed by atoms with van der Waals surface area (Å²) in [5, 5.41) is 39.8. The molecule has 2 fully saturated rings. The molecule has 0 spiro atoms. The maximum Gasteiger partial charge on any atom is 0.261 e. The molecule has 8 aliphatic heterocycles. The smallest absolute Gasteiger partial charge is 0.261 e. The van der Waals surface area contributed by atoms with Crippen LogP contribution in [0, 0.1) is 50.4 Å². The number of allylic oxidation sites excluding steroid dienone is 1. The fourth-order valence-corrected chi connectivity index (χ4v) is 29.9. The first-order valence-corrected chi connectivity index (χ1v) is 45.3. The normalized spacial score (nSPS) is 22.1. The maximum atomic E-state index is 12.1. The number of methoxy groups -OCH3 is 4. The molecule has 1 N–H and O–H groups in total. The number of benzene rings is 8. The number of halogens is 1. The van der Waals surface area contributed by atoms with Gasteiger partial charge in [-0.2, -0.15) is 10.5 Å². The van der Waals surface area contributed by atoms with E-state index < -0.39 is 40.8 Å². The highest BCUT2D eigenvalue weighted by Gasteiger charge is 2.62. The lowest BCUT2D eigenvalue weighted by Gasteiger charge is -2.60. The quantitative estimate of drug-likeness (QED) is 0.0290. The zero-order valence-electron chi connectivity index (χ0n) is 70.3. The summed E-state index contributed by atoms with van der Waals surface area (Å²) in [7, 11) is 4.77. The number of nitrogens with zero attached hydrogens (tertiary/aromatic N) is 6. The average Bonchev–Trinajstić information content (AvgIpc) is 1.39. The third-order valence-corrected chi connectivity index (χ3v) is 35.8. The van der Waals surface area contributed by atoms with E-state index in [9.17, 15) is 15.6 Å². The van der Waals surface area contributed by atoms with E-state index in [-0.39, 0.29) is 85.9 Å². The number of fused-ring (bicyclic) bond motifs is 18. The van der Waals surface area contributed by atoms with Crippen LogP contribution in [0.3, 0.4) is 0 Å². The number of rotatable bonds is 22. The molecule has 0 aliphatic carbocycles. The zero-order chi connectivity index (χ0) is 83.2. The first-order valence-electron chi connectivity index (χ1n) is 40.3. The Balaban J connectivity index is 0.000000184. The van der Waals surface area contributed by atoms with Crippen molar-refractivity contribution < 1.29 is 66.1 Å². The van der Waals surface area contributed by atoms with Gasteiger partial charge in [-0.3, -0.25) is 19.6 Å². The number of hydrogen-bond donors (Lipinski definition) is 1. The van der Waals surface area contributed by atoms with Gasteiger partial charge in [-0.25, -0.2) is 0 Å². The van der Waals surface area contributed by atoms with E-state index in [1.165, 1.54) is 20.7 Å². The van der Waals surface area contributed by atoms with Crippen molar-refractivity contribution >= 4 is 53.3 Å². The van der Waals surface area contributed by atoms with Crippen LogP contribution in [0.1, 0.15) is 132 Å². The number of hydrogen-bond acceptors (Lipinski definition) is 20. The van der Waals surface area contributed by atoms with Gasteiger partial charge in [0.05, 0.1) is 63.7 Å². The molecule has 0 unspecified atom stereocenters. The highest BCUT2D eigenvalue weighted by molar-refractivity contribution is 9.09. The Bertz CT molecular complexity index is 4980. The number of piperazine rings is 2. The van der Waals surface area contributed by atoms with Crippen molar-refractivity contribution in [1.82, 2.24) is 19.6 Å². The fraction of sp³-hybridized carbons (Fsp3) is 0.426. The average molecular weight is 1690 g/mol. The molecule has 0 aromatic heterocycles. The molecule has 16 rings (SSSR count). The van der Waals surface area contributed by atoms with Crippen LogP contribution in [0.4, 0.5) is 0 Å². The van der Waals surface area contributed by atoms with E-state index in [4.69, 9.17) is 61.0 Å². The van der Waals surface area contributed by atoms with Crippen LogP contribution < -0.4 is 63.4 Å². The van der Waals surface area contributed by atoms with Crippen LogP contribution in [0.2, 0.25) is 10.1 Å². The lowest BCUT2D eigenvalue weighted by Crippen LogP contribution is -2.70. The van der Waals surface area contributed by atoms with Crippen molar-refractivity contribution in [2.75, 3.05) is 94.9 Å². The van der Waals surface area contributed by atoms with Crippen molar-refractivity contribution in [3.8, 4) is 69.6 Å². The summed E-state index contributed by atoms with van der Waals surface area (Å²) in [6.45, 7) is 30.3. The molecule has 20 nitrogen and oxygen atoms in total. The van der Waals surface area contributed by atoms with E-state index in [0.29, 0.717) is 90.5 Å². The summed E-state index contributed by atoms with van der Waals surface area (Å²) in [6.07, 6.45) is 5.91. The molecule has 8 aromatic carbocycles. The molecular formula is C94H111BrN6O14Si2. The molecule has 2 saturated heterocycles. The molecule has 0 saturated carbocycles. The Morgan fingerprint density at radius 3 is 1.21 bits per heavy atom. The Morgan fingerprint density at radius 1 is 0.496 bits per heavy atom. The van der Waals surface area contributed by atoms with Gasteiger partial charge in [-0.15, -0.1) is 6.58 Å². The number of likely N-dealkylation sites (N-methyl/N-ethyl adjacent to an activating group) is 2. The molecule has 4 bridgehead atoms. The maximum absolute atomic E-state index is 12.1. The number of phenols is 1. The second-order valence-corrected chi connectivity index (χ2v) is 42.8. The third kappa shape index (κ3) is 14.4. The van der Waals surface area contributed by atoms with E-state index >= 15 is 0 Å². The number of alkyl halides is 1. The zero-order valence-corrected chi connectivity index (χ0v) is 73.9. The molecule has 0 amide bonds. The molecular weight excluding hydrogens is 1570 g/mol. The summed E-state index contributed by atoms with van der Waals surface area (Å²) < 4.78 is 83.0. The summed E-state index contributed by atoms with van der Waals surface area (Å²) in [5.74, 6) is 6.21. The fourth-order valence-electron chi connectivity index (χ4n) is 20.7. The molecule has 8 aliphatic rings. The van der Waals surface area contributed by atoms with Gasteiger partial charge in [0.2, 0.25) is 13.6 Å². The minimum atomic E-state index is -3.04. The van der Waals surface area contributed by atoms with E-state index in [0.717, 1.165) is 72.3 Å². The molecule has 616 valence electrons. The van der Waals surface area contributed by atoms with Gasteiger partial charge in [0.25, 0.3) is 16.6 Å². The lowest BCUT2D eigenvalue weighted by atomic mass is 9.71. The first kappa shape index (κ1) is 84.3. The molecule has 8 heterocycles. The van der Waals surface area contributed by atoms with Crippen molar-refractivity contribution in [1.29, 1.82) is 10.5 Å². The van der Waals surface area contributed by atoms with Crippen molar-refractivity contribution in [3.63, 3.8) is 0 Å². The third-order valence-electron chi connectivity index (χ3n) is 25.4. The van der Waals surface area contributed by atoms with Gasteiger partial charge < -0.3 is 66.1 Å². The summed E-state index contributed by atoms with van der Waals surface area (Å²) >= 11 is 3.13. The minimum absolute atomic E-state index is 0.0557. The second-order valence-electron chi connectivity index (χ2n) is 33.6. The van der Waals surface area contributed by atoms with Crippen molar-refractivity contribution in [2.24, 2.45) is 0 Å². The Morgan fingerprint density at radius 2 is 0.863 bits per heavy atom. The Hall–Kier alpha value is -9.19.